The lowest BCUT2D eigenvalue weighted by Crippen LogP contribution is -2.42. The van der Waals surface area contributed by atoms with Crippen molar-refractivity contribution >= 4 is 24.2 Å². The van der Waals surface area contributed by atoms with Crippen LogP contribution in [0.3, 0.4) is 0 Å². The van der Waals surface area contributed by atoms with E-state index < -0.39 is 0 Å². The fourth-order valence-electron chi connectivity index (χ4n) is 3.32. The zero-order chi connectivity index (χ0) is 19.8. The molecular weight excluding hydrogens is 382 g/mol. The molecule has 1 aromatic rings. The maximum absolute atomic E-state index is 12.8. The molecule has 0 saturated carbocycles. The first kappa shape index (κ1) is 24.0. The highest BCUT2D eigenvalue weighted by atomic mass is 35.5. The lowest BCUT2D eigenvalue weighted by molar-refractivity contribution is -0.136. The minimum atomic E-state index is -0.192. The number of hydrogen-bond donors (Lipinski definition) is 1. The molecule has 0 unspecified atom stereocenters. The fraction of sp³-hybridized carbons (Fsp3) is 0.600. The van der Waals surface area contributed by atoms with Gasteiger partial charge in [0.1, 0.15) is 0 Å². The number of carbonyl (C=O) groups is 2. The summed E-state index contributed by atoms with van der Waals surface area (Å²) in [5.74, 6) is 1.23. The summed E-state index contributed by atoms with van der Waals surface area (Å²) in [6.45, 7) is 3.59. The lowest BCUT2D eigenvalue weighted by atomic mass is 10.0. The van der Waals surface area contributed by atoms with Crippen LogP contribution in [0.1, 0.15) is 26.2 Å². The number of benzene rings is 1. The standard InChI is InChI=1S/C20H31N3O4.ClH/c1-15(24)23-13-16(9-10-17(21)14-23)20(25)22(2)11-6-12-27-19-8-5-4-7-18(19)26-3;/h4-5,7-8,16-17H,6,9-14,21H2,1-3H3;1H/t16-,17+;/m1./s1. The Hall–Kier alpha value is -1.99. The molecule has 2 atom stereocenters. The number of methoxy groups -OCH3 is 1. The van der Waals surface area contributed by atoms with Crippen molar-refractivity contribution in [1.29, 1.82) is 0 Å². The van der Waals surface area contributed by atoms with E-state index in [9.17, 15) is 9.59 Å². The number of hydrogen-bond acceptors (Lipinski definition) is 5. The normalized spacial score (nSPS) is 19.2. The average molecular weight is 414 g/mol. The smallest absolute Gasteiger partial charge is 0.227 e. The van der Waals surface area contributed by atoms with E-state index in [1.165, 1.54) is 6.92 Å². The monoisotopic (exact) mass is 413 g/mol. The lowest BCUT2D eigenvalue weighted by Gasteiger charge is -2.27. The highest BCUT2D eigenvalue weighted by Crippen LogP contribution is 2.25. The molecule has 0 spiro atoms. The van der Waals surface area contributed by atoms with Crippen molar-refractivity contribution < 1.29 is 19.1 Å². The molecule has 2 N–H and O–H groups in total. The number of nitrogens with two attached hydrogens (primary N) is 1. The summed E-state index contributed by atoms with van der Waals surface area (Å²) in [6.07, 6.45) is 2.18. The predicted octanol–water partition coefficient (Wildman–Crippen LogP) is 1.93. The predicted molar refractivity (Wildman–Crippen MR) is 111 cm³/mol. The molecule has 1 saturated heterocycles. The Kier molecular flexibility index (Phi) is 10.1. The van der Waals surface area contributed by atoms with E-state index in [1.807, 2.05) is 24.3 Å². The second-order valence-corrected chi connectivity index (χ2v) is 7.07. The van der Waals surface area contributed by atoms with Gasteiger partial charge < -0.3 is 25.0 Å². The van der Waals surface area contributed by atoms with Crippen molar-refractivity contribution in [2.75, 3.05) is 40.4 Å². The van der Waals surface area contributed by atoms with Gasteiger partial charge in [-0.25, -0.2) is 0 Å². The van der Waals surface area contributed by atoms with Crippen LogP contribution in [0.4, 0.5) is 0 Å². The number of likely N-dealkylation sites (tertiary alicyclic amines) is 1. The number of nitrogens with zero attached hydrogens (tertiary/aromatic N) is 2. The molecule has 1 aliphatic heterocycles. The first-order chi connectivity index (χ1) is 12.9. The van der Waals surface area contributed by atoms with E-state index in [1.54, 1.807) is 24.0 Å². The molecule has 1 fully saturated rings. The summed E-state index contributed by atoms with van der Waals surface area (Å²) < 4.78 is 11.0. The number of carbonyl (C=O) groups excluding carboxylic acids is 2. The first-order valence-corrected chi connectivity index (χ1v) is 9.44. The second kappa shape index (κ2) is 11.8. The van der Waals surface area contributed by atoms with Crippen molar-refractivity contribution in [3.63, 3.8) is 0 Å². The number of amides is 2. The van der Waals surface area contributed by atoms with Gasteiger partial charge in [0.15, 0.2) is 11.5 Å². The summed E-state index contributed by atoms with van der Waals surface area (Å²) in [6, 6.07) is 7.43. The minimum Gasteiger partial charge on any atom is -0.493 e. The van der Waals surface area contributed by atoms with Crippen molar-refractivity contribution in [3.05, 3.63) is 24.3 Å². The van der Waals surface area contributed by atoms with Gasteiger partial charge in [-0.05, 0) is 31.4 Å². The van der Waals surface area contributed by atoms with Crippen LogP contribution in [0.2, 0.25) is 0 Å². The Balaban J connectivity index is 0.00000392. The van der Waals surface area contributed by atoms with Gasteiger partial charge in [-0.15, -0.1) is 12.4 Å². The Morgan fingerprint density at radius 1 is 1.21 bits per heavy atom. The molecule has 8 heteroatoms. The van der Waals surface area contributed by atoms with E-state index >= 15 is 0 Å². The fourth-order valence-corrected chi connectivity index (χ4v) is 3.32. The molecule has 158 valence electrons. The number of para-hydroxylation sites is 2. The zero-order valence-electron chi connectivity index (χ0n) is 16.9. The van der Waals surface area contributed by atoms with Crippen molar-refractivity contribution in [2.45, 2.75) is 32.2 Å². The Morgan fingerprint density at radius 3 is 2.54 bits per heavy atom. The van der Waals surface area contributed by atoms with E-state index in [-0.39, 0.29) is 36.2 Å². The summed E-state index contributed by atoms with van der Waals surface area (Å²) in [5.41, 5.74) is 6.03. The molecule has 2 amide bonds. The van der Waals surface area contributed by atoms with E-state index in [0.717, 1.165) is 6.42 Å². The van der Waals surface area contributed by atoms with Crippen LogP contribution in [0, 0.1) is 5.92 Å². The van der Waals surface area contributed by atoms with E-state index in [4.69, 9.17) is 15.2 Å². The van der Waals surface area contributed by atoms with Crippen LogP contribution < -0.4 is 15.2 Å². The number of rotatable bonds is 7. The minimum absolute atomic E-state index is 0. The topological polar surface area (TPSA) is 85.1 Å². The molecule has 2 rings (SSSR count). The molecule has 7 nitrogen and oxygen atoms in total. The van der Waals surface area contributed by atoms with Crippen LogP contribution in [0.25, 0.3) is 0 Å². The van der Waals surface area contributed by atoms with Gasteiger partial charge in [0, 0.05) is 39.6 Å². The summed E-state index contributed by atoms with van der Waals surface area (Å²) in [4.78, 5) is 27.9. The number of halogens is 1. The van der Waals surface area contributed by atoms with Gasteiger partial charge in [-0.3, -0.25) is 9.59 Å². The Labute approximate surface area is 173 Å². The maximum Gasteiger partial charge on any atom is 0.227 e. The third-order valence-electron chi connectivity index (χ3n) is 4.92. The second-order valence-electron chi connectivity index (χ2n) is 7.07. The third-order valence-corrected chi connectivity index (χ3v) is 4.92. The highest BCUT2D eigenvalue weighted by Gasteiger charge is 2.29. The Bertz CT molecular complexity index is 644. The van der Waals surface area contributed by atoms with Gasteiger partial charge in [-0.2, -0.15) is 0 Å². The molecule has 1 aliphatic rings. The largest absolute Gasteiger partial charge is 0.493 e. The first-order valence-electron chi connectivity index (χ1n) is 9.44. The molecule has 1 heterocycles. The molecule has 0 radical (unpaired) electrons. The quantitative estimate of drug-likeness (QED) is 0.690. The van der Waals surface area contributed by atoms with E-state index in [0.29, 0.717) is 50.6 Å². The van der Waals surface area contributed by atoms with Crippen LogP contribution in [-0.4, -0.2) is 68.1 Å². The SMILES string of the molecule is COc1ccccc1OCCCN(C)C(=O)[C@@H]1CC[C@H](N)CN(C(C)=O)C1.Cl. The van der Waals surface area contributed by atoms with Gasteiger partial charge >= 0.3 is 0 Å². The molecule has 0 aromatic heterocycles. The maximum atomic E-state index is 12.8. The molecule has 1 aromatic carbocycles. The highest BCUT2D eigenvalue weighted by molar-refractivity contribution is 5.85. The van der Waals surface area contributed by atoms with Crippen molar-refractivity contribution in [1.82, 2.24) is 9.80 Å². The molecule has 28 heavy (non-hydrogen) atoms. The van der Waals surface area contributed by atoms with E-state index in [2.05, 4.69) is 0 Å². The van der Waals surface area contributed by atoms with Crippen LogP contribution in [-0.2, 0) is 9.59 Å². The zero-order valence-corrected chi connectivity index (χ0v) is 17.7. The van der Waals surface area contributed by atoms with Gasteiger partial charge in [0.2, 0.25) is 11.8 Å². The van der Waals surface area contributed by atoms with Crippen molar-refractivity contribution in [3.8, 4) is 11.5 Å². The van der Waals surface area contributed by atoms with Gasteiger partial charge in [0.25, 0.3) is 0 Å². The average Bonchev–Trinajstić information content (AvgIpc) is 2.86. The van der Waals surface area contributed by atoms with Gasteiger partial charge in [-0.1, -0.05) is 12.1 Å². The molecule has 0 bridgehead atoms. The van der Waals surface area contributed by atoms with Gasteiger partial charge in [0.05, 0.1) is 19.6 Å². The van der Waals surface area contributed by atoms with Crippen LogP contribution in [0.5, 0.6) is 11.5 Å². The molecular formula is C20H32ClN3O4. The molecule has 0 aliphatic carbocycles. The van der Waals surface area contributed by atoms with Crippen LogP contribution in [0.15, 0.2) is 24.3 Å². The Morgan fingerprint density at radius 2 is 1.89 bits per heavy atom. The third kappa shape index (κ3) is 6.87. The summed E-state index contributed by atoms with van der Waals surface area (Å²) in [7, 11) is 3.41. The number of ether oxygens (including phenoxy) is 2. The summed E-state index contributed by atoms with van der Waals surface area (Å²) >= 11 is 0. The van der Waals surface area contributed by atoms with Crippen LogP contribution >= 0.6 is 12.4 Å². The van der Waals surface area contributed by atoms with Crippen molar-refractivity contribution in [2.24, 2.45) is 11.7 Å². The summed E-state index contributed by atoms with van der Waals surface area (Å²) in [5, 5.41) is 0.